The number of ether oxygens (including phenoxy) is 2. The molecule has 2 rings (SSSR count). The second kappa shape index (κ2) is 7.87. The van der Waals surface area contributed by atoms with Crippen LogP contribution in [-0.2, 0) is 0 Å². The summed E-state index contributed by atoms with van der Waals surface area (Å²) in [4.78, 5) is 11.8. The van der Waals surface area contributed by atoms with Gasteiger partial charge in [-0.15, -0.1) is 0 Å². The van der Waals surface area contributed by atoms with Crippen LogP contribution < -0.4 is 20.2 Å². The number of nitrogens with one attached hydrogen (secondary N) is 2. The molecule has 0 saturated heterocycles. The van der Waals surface area contributed by atoms with E-state index >= 15 is 0 Å². The minimum atomic E-state index is -0.460. The Labute approximate surface area is 139 Å². The molecule has 24 heavy (non-hydrogen) atoms. The number of phenolic OH excluding ortho intramolecular Hbond substituents is 1. The van der Waals surface area contributed by atoms with Gasteiger partial charge >= 0.3 is 6.03 Å². The third-order valence-corrected chi connectivity index (χ3v) is 3.28. The number of rotatable bonds is 5. The van der Waals surface area contributed by atoms with Crippen molar-refractivity contribution >= 4 is 17.9 Å². The lowest BCUT2D eigenvalue weighted by atomic mass is 10.2. The van der Waals surface area contributed by atoms with E-state index in [1.807, 2.05) is 25.1 Å². The average molecular weight is 329 g/mol. The van der Waals surface area contributed by atoms with E-state index < -0.39 is 6.03 Å². The van der Waals surface area contributed by atoms with Gasteiger partial charge in [-0.2, -0.15) is 5.10 Å². The molecule has 0 spiro atoms. The fourth-order valence-electron chi connectivity index (χ4n) is 2.02. The van der Waals surface area contributed by atoms with Gasteiger partial charge in [0.1, 0.15) is 0 Å². The number of para-hydroxylation sites is 1. The minimum Gasteiger partial charge on any atom is -0.502 e. The van der Waals surface area contributed by atoms with Gasteiger partial charge in [0.25, 0.3) is 0 Å². The largest absolute Gasteiger partial charge is 0.502 e. The highest BCUT2D eigenvalue weighted by Gasteiger charge is 2.10. The number of hydrazone groups is 1. The predicted molar refractivity (Wildman–Crippen MR) is 92.1 cm³/mol. The molecule has 7 heteroatoms. The van der Waals surface area contributed by atoms with E-state index in [0.717, 1.165) is 5.56 Å². The number of nitrogens with zero attached hydrogens (tertiary/aromatic N) is 1. The topological polar surface area (TPSA) is 92.2 Å². The number of aromatic hydroxyl groups is 1. The van der Waals surface area contributed by atoms with Gasteiger partial charge in [-0.1, -0.05) is 18.2 Å². The molecule has 2 amide bonds. The number of anilines is 1. The van der Waals surface area contributed by atoms with Crippen molar-refractivity contribution in [3.63, 3.8) is 0 Å². The van der Waals surface area contributed by atoms with Gasteiger partial charge in [-0.05, 0) is 30.7 Å². The Morgan fingerprint density at radius 1 is 1.17 bits per heavy atom. The Hall–Kier alpha value is -3.22. The van der Waals surface area contributed by atoms with Crippen LogP contribution in [0.3, 0.4) is 0 Å². The quantitative estimate of drug-likeness (QED) is 0.581. The highest BCUT2D eigenvalue weighted by Crippen LogP contribution is 2.36. The normalized spacial score (nSPS) is 10.5. The molecule has 0 aliphatic rings. The van der Waals surface area contributed by atoms with Crippen LogP contribution in [0.15, 0.2) is 41.5 Å². The number of methoxy groups -OCH3 is 2. The van der Waals surface area contributed by atoms with Gasteiger partial charge in [-0.3, -0.25) is 0 Å². The van der Waals surface area contributed by atoms with E-state index in [1.165, 1.54) is 20.4 Å². The Balaban J connectivity index is 2.03. The van der Waals surface area contributed by atoms with E-state index in [4.69, 9.17) is 9.47 Å². The van der Waals surface area contributed by atoms with Gasteiger partial charge in [0.2, 0.25) is 5.75 Å². The summed E-state index contributed by atoms with van der Waals surface area (Å²) in [7, 11) is 2.87. The standard InChI is InChI=1S/C17H19N3O4/c1-11-6-4-5-7-13(11)19-17(22)20-18-10-12-8-14(23-2)16(21)15(9-12)24-3/h4-10,21H,1-3H3,(H2,19,20,22)/b18-10-. The van der Waals surface area contributed by atoms with E-state index in [1.54, 1.807) is 18.2 Å². The summed E-state index contributed by atoms with van der Waals surface area (Å²) >= 11 is 0. The number of phenols is 1. The maximum absolute atomic E-state index is 11.8. The van der Waals surface area contributed by atoms with Gasteiger partial charge < -0.3 is 19.9 Å². The molecule has 0 saturated carbocycles. The predicted octanol–water partition coefficient (Wildman–Crippen LogP) is 2.87. The van der Waals surface area contributed by atoms with Crippen LogP contribution in [0, 0.1) is 6.92 Å². The van der Waals surface area contributed by atoms with Crippen LogP contribution in [0.4, 0.5) is 10.5 Å². The van der Waals surface area contributed by atoms with E-state index in [9.17, 15) is 9.90 Å². The lowest BCUT2D eigenvalue weighted by Gasteiger charge is -2.09. The molecule has 0 aromatic heterocycles. The number of aryl methyl sites for hydroxylation is 1. The van der Waals surface area contributed by atoms with Crippen molar-refractivity contribution in [2.24, 2.45) is 5.10 Å². The molecule has 126 valence electrons. The lowest BCUT2D eigenvalue weighted by Crippen LogP contribution is -2.24. The molecule has 2 aromatic carbocycles. The van der Waals surface area contributed by atoms with Crippen LogP contribution in [0.5, 0.6) is 17.2 Å². The van der Waals surface area contributed by atoms with Crippen LogP contribution >= 0.6 is 0 Å². The SMILES string of the molecule is COc1cc(/C=N\NC(=O)Nc2ccccc2C)cc(OC)c1O. The lowest BCUT2D eigenvalue weighted by molar-refractivity contribution is 0.252. The zero-order valence-electron chi connectivity index (χ0n) is 13.7. The van der Waals surface area contributed by atoms with Crippen molar-refractivity contribution in [1.29, 1.82) is 0 Å². The minimum absolute atomic E-state index is 0.0950. The molecule has 0 bridgehead atoms. The zero-order chi connectivity index (χ0) is 17.5. The molecule has 0 atom stereocenters. The third kappa shape index (κ3) is 4.16. The number of benzene rings is 2. The summed E-state index contributed by atoms with van der Waals surface area (Å²) in [5.41, 5.74) is 4.62. The Bertz CT molecular complexity index is 734. The smallest absolute Gasteiger partial charge is 0.339 e. The van der Waals surface area contributed by atoms with Crippen molar-refractivity contribution in [3.05, 3.63) is 47.5 Å². The highest BCUT2D eigenvalue weighted by molar-refractivity contribution is 5.91. The number of hydrogen-bond acceptors (Lipinski definition) is 5. The van der Waals surface area contributed by atoms with Crippen molar-refractivity contribution in [3.8, 4) is 17.2 Å². The van der Waals surface area contributed by atoms with Crippen LogP contribution in [0.1, 0.15) is 11.1 Å². The molecule has 0 heterocycles. The molecular weight excluding hydrogens is 310 g/mol. The van der Waals surface area contributed by atoms with Gasteiger partial charge in [0.15, 0.2) is 11.5 Å². The second-order valence-electron chi connectivity index (χ2n) is 4.91. The first-order valence-corrected chi connectivity index (χ1v) is 7.16. The van der Waals surface area contributed by atoms with Gasteiger partial charge in [-0.25, -0.2) is 10.2 Å². The average Bonchev–Trinajstić information content (AvgIpc) is 2.58. The number of carbonyl (C=O) groups excluding carboxylic acids is 1. The molecule has 0 radical (unpaired) electrons. The van der Waals surface area contributed by atoms with Crippen LogP contribution in [0.2, 0.25) is 0 Å². The summed E-state index contributed by atoms with van der Waals surface area (Å²) in [5.74, 6) is 0.405. The summed E-state index contributed by atoms with van der Waals surface area (Å²) in [5, 5.41) is 16.4. The number of hydrogen-bond donors (Lipinski definition) is 3. The molecule has 7 nitrogen and oxygen atoms in total. The van der Waals surface area contributed by atoms with Gasteiger partial charge in [0.05, 0.1) is 20.4 Å². The Morgan fingerprint density at radius 3 is 2.38 bits per heavy atom. The molecule has 3 N–H and O–H groups in total. The fourth-order valence-corrected chi connectivity index (χ4v) is 2.02. The summed E-state index contributed by atoms with van der Waals surface area (Å²) in [6.07, 6.45) is 1.42. The van der Waals surface area contributed by atoms with Crippen molar-refractivity contribution in [2.75, 3.05) is 19.5 Å². The third-order valence-electron chi connectivity index (χ3n) is 3.28. The Kier molecular flexibility index (Phi) is 5.62. The van der Waals surface area contributed by atoms with E-state index in [0.29, 0.717) is 11.3 Å². The van der Waals surface area contributed by atoms with Crippen molar-refractivity contribution < 1.29 is 19.4 Å². The maximum atomic E-state index is 11.8. The maximum Gasteiger partial charge on any atom is 0.339 e. The second-order valence-corrected chi connectivity index (χ2v) is 4.91. The zero-order valence-corrected chi connectivity index (χ0v) is 13.7. The molecular formula is C17H19N3O4. The van der Waals surface area contributed by atoms with Crippen LogP contribution in [0.25, 0.3) is 0 Å². The highest BCUT2D eigenvalue weighted by atomic mass is 16.5. The summed E-state index contributed by atoms with van der Waals surface area (Å²) < 4.78 is 10.1. The van der Waals surface area contributed by atoms with Crippen molar-refractivity contribution in [2.45, 2.75) is 6.92 Å². The van der Waals surface area contributed by atoms with E-state index in [-0.39, 0.29) is 17.2 Å². The molecule has 0 aliphatic carbocycles. The first kappa shape index (κ1) is 17.1. The Morgan fingerprint density at radius 2 is 1.79 bits per heavy atom. The van der Waals surface area contributed by atoms with Crippen LogP contribution in [-0.4, -0.2) is 31.6 Å². The molecule has 0 aliphatic heterocycles. The van der Waals surface area contributed by atoms with Gasteiger partial charge in [0, 0.05) is 11.3 Å². The number of amides is 2. The first-order valence-electron chi connectivity index (χ1n) is 7.16. The number of urea groups is 1. The monoisotopic (exact) mass is 329 g/mol. The summed E-state index contributed by atoms with van der Waals surface area (Å²) in [6.45, 7) is 1.90. The fraction of sp³-hybridized carbons (Fsp3) is 0.176. The number of carbonyl (C=O) groups is 1. The van der Waals surface area contributed by atoms with Crippen molar-refractivity contribution in [1.82, 2.24) is 5.43 Å². The molecule has 0 fully saturated rings. The molecule has 0 unspecified atom stereocenters. The van der Waals surface area contributed by atoms with E-state index in [2.05, 4.69) is 15.8 Å². The first-order chi connectivity index (χ1) is 11.5. The summed E-state index contributed by atoms with van der Waals surface area (Å²) in [6, 6.07) is 10.1. The molecule has 2 aromatic rings.